The molecule has 2 rings (SSSR count). The highest BCUT2D eigenvalue weighted by Gasteiger charge is 2.08. The fourth-order valence-electron chi connectivity index (χ4n) is 1.96. The second-order valence-electron chi connectivity index (χ2n) is 5.45. The highest BCUT2D eigenvalue weighted by molar-refractivity contribution is 7.09. The van der Waals surface area contributed by atoms with E-state index in [1.807, 2.05) is 19.1 Å². The number of nitrogens with one attached hydrogen (secondary N) is 1. The van der Waals surface area contributed by atoms with Gasteiger partial charge >= 0.3 is 0 Å². The molecule has 0 atom stereocenters. The molecular weight excluding hydrogens is 270 g/mol. The summed E-state index contributed by atoms with van der Waals surface area (Å²) in [5.74, 6) is 1.96. The molecule has 1 N–H and O–H groups in total. The lowest BCUT2D eigenvalue weighted by molar-refractivity contribution is 0.282. The topological polar surface area (TPSA) is 41.3 Å². The van der Waals surface area contributed by atoms with E-state index in [1.54, 1.807) is 11.3 Å². The van der Waals surface area contributed by atoms with Gasteiger partial charge in [-0.1, -0.05) is 13.8 Å². The molecule has 0 radical (unpaired) electrons. The van der Waals surface area contributed by atoms with E-state index in [9.17, 15) is 0 Å². The SMILES string of the molecule is Cc1ccc(CN(C)Cc2csc(CNC(C)C)n2)o1. The van der Waals surface area contributed by atoms with Crippen molar-refractivity contribution in [3.63, 3.8) is 0 Å². The average Bonchev–Trinajstić information content (AvgIpc) is 2.96. The Labute approximate surface area is 124 Å². The van der Waals surface area contributed by atoms with Crippen molar-refractivity contribution in [3.8, 4) is 0 Å². The lowest BCUT2D eigenvalue weighted by Gasteiger charge is -2.13. The summed E-state index contributed by atoms with van der Waals surface area (Å²) >= 11 is 1.72. The molecule has 2 aromatic rings. The standard InChI is InChI=1S/C15H23N3OS/c1-11(2)16-7-15-17-13(10-20-15)8-18(4)9-14-6-5-12(3)19-14/h5-6,10-11,16H,7-9H2,1-4H3. The Balaban J connectivity index is 1.83. The van der Waals surface area contributed by atoms with Crippen LogP contribution in [-0.4, -0.2) is 23.0 Å². The van der Waals surface area contributed by atoms with Crippen LogP contribution in [0, 0.1) is 6.92 Å². The van der Waals surface area contributed by atoms with Crippen molar-refractivity contribution in [2.75, 3.05) is 7.05 Å². The minimum atomic E-state index is 0.493. The summed E-state index contributed by atoms with van der Waals surface area (Å²) < 4.78 is 5.59. The summed E-state index contributed by atoms with van der Waals surface area (Å²) in [5, 5.41) is 6.68. The first-order valence-electron chi connectivity index (χ1n) is 6.93. The summed E-state index contributed by atoms with van der Waals surface area (Å²) in [6.07, 6.45) is 0. The van der Waals surface area contributed by atoms with Crippen LogP contribution in [0.25, 0.3) is 0 Å². The zero-order chi connectivity index (χ0) is 14.5. The normalized spacial score (nSPS) is 11.7. The van der Waals surface area contributed by atoms with Gasteiger partial charge in [-0.25, -0.2) is 4.98 Å². The highest BCUT2D eigenvalue weighted by atomic mass is 32.1. The van der Waals surface area contributed by atoms with Gasteiger partial charge in [0.1, 0.15) is 16.5 Å². The Bertz CT molecular complexity index is 533. The molecular formula is C15H23N3OS. The maximum Gasteiger partial charge on any atom is 0.118 e. The van der Waals surface area contributed by atoms with Crippen molar-refractivity contribution in [1.29, 1.82) is 0 Å². The van der Waals surface area contributed by atoms with E-state index in [-0.39, 0.29) is 0 Å². The summed E-state index contributed by atoms with van der Waals surface area (Å²) in [7, 11) is 2.09. The second kappa shape index (κ2) is 7.02. The number of aromatic nitrogens is 1. The first-order chi connectivity index (χ1) is 9.52. The molecule has 5 heteroatoms. The van der Waals surface area contributed by atoms with Crippen LogP contribution in [0.5, 0.6) is 0 Å². The second-order valence-corrected chi connectivity index (χ2v) is 6.40. The first kappa shape index (κ1) is 15.2. The Hall–Kier alpha value is -1.17. The number of hydrogen-bond acceptors (Lipinski definition) is 5. The smallest absolute Gasteiger partial charge is 0.118 e. The van der Waals surface area contributed by atoms with Crippen molar-refractivity contribution in [2.45, 2.75) is 46.4 Å². The number of hydrogen-bond donors (Lipinski definition) is 1. The molecule has 0 unspecified atom stereocenters. The van der Waals surface area contributed by atoms with Gasteiger partial charge in [-0.15, -0.1) is 11.3 Å². The van der Waals surface area contributed by atoms with E-state index in [0.717, 1.165) is 41.9 Å². The van der Waals surface area contributed by atoms with Crippen LogP contribution in [0.4, 0.5) is 0 Å². The molecule has 0 aromatic carbocycles. The van der Waals surface area contributed by atoms with Crippen LogP contribution in [0.15, 0.2) is 21.9 Å². The molecule has 0 fully saturated rings. The quantitative estimate of drug-likeness (QED) is 0.851. The van der Waals surface area contributed by atoms with Crippen molar-refractivity contribution >= 4 is 11.3 Å². The predicted molar refractivity (Wildman–Crippen MR) is 82.7 cm³/mol. The van der Waals surface area contributed by atoms with Gasteiger partial charge in [0.15, 0.2) is 0 Å². The summed E-state index contributed by atoms with van der Waals surface area (Å²) in [6, 6.07) is 4.53. The molecule has 4 nitrogen and oxygen atoms in total. The minimum Gasteiger partial charge on any atom is -0.465 e. The summed E-state index contributed by atoms with van der Waals surface area (Å²) in [6.45, 7) is 8.77. The number of rotatable bonds is 7. The molecule has 0 aliphatic rings. The van der Waals surface area contributed by atoms with Crippen molar-refractivity contribution in [1.82, 2.24) is 15.2 Å². The number of thiazole rings is 1. The fraction of sp³-hybridized carbons (Fsp3) is 0.533. The van der Waals surface area contributed by atoms with E-state index >= 15 is 0 Å². The van der Waals surface area contributed by atoms with Gasteiger partial charge in [0.05, 0.1) is 12.2 Å². The van der Waals surface area contributed by atoms with Crippen molar-refractivity contribution in [3.05, 3.63) is 39.7 Å². The Morgan fingerprint density at radius 2 is 2.15 bits per heavy atom. The van der Waals surface area contributed by atoms with Crippen LogP contribution in [0.2, 0.25) is 0 Å². The third kappa shape index (κ3) is 4.74. The molecule has 2 heterocycles. The number of furan rings is 1. The summed E-state index contributed by atoms with van der Waals surface area (Å²) in [5.41, 5.74) is 1.13. The highest BCUT2D eigenvalue weighted by Crippen LogP contribution is 2.14. The monoisotopic (exact) mass is 293 g/mol. The largest absolute Gasteiger partial charge is 0.465 e. The molecule has 0 amide bonds. The van der Waals surface area contributed by atoms with E-state index in [4.69, 9.17) is 4.42 Å². The molecule has 0 saturated heterocycles. The van der Waals surface area contributed by atoms with E-state index in [0.29, 0.717) is 6.04 Å². The molecule has 0 saturated carbocycles. The van der Waals surface area contributed by atoms with Gasteiger partial charge in [-0.05, 0) is 26.1 Å². The molecule has 20 heavy (non-hydrogen) atoms. The lowest BCUT2D eigenvalue weighted by Crippen LogP contribution is -2.22. The van der Waals surface area contributed by atoms with Crippen LogP contribution < -0.4 is 5.32 Å². The van der Waals surface area contributed by atoms with Gasteiger partial charge in [-0.2, -0.15) is 0 Å². The molecule has 0 bridgehead atoms. The average molecular weight is 293 g/mol. The molecule has 2 aromatic heterocycles. The predicted octanol–water partition coefficient (Wildman–Crippen LogP) is 3.17. The van der Waals surface area contributed by atoms with Crippen LogP contribution in [0.1, 0.15) is 36.1 Å². The molecule has 0 aliphatic heterocycles. The molecule has 0 spiro atoms. The maximum atomic E-state index is 5.59. The van der Waals surface area contributed by atoms with Gasteiger partial charge in [0.25, 0.3) is 0 Å². The fourth-order valence-corrected chi connectivity index (χ4v) is 2.70. The van der Waals surface area contributed by atoms with Crippen molar-refractivity contribution < 1.29 is 4.42 Å². The Morgan fingerprint density at radius 1 is 1.35 bits per heavy atom. The van der Waals surface area contributed by atoms with Crippen LogP contribution >= 0.6 is 11.3 Å². The number of nitrogens with zero attached hydrogens (tertiary/aromatic N) is 2. The van der Waals surface area contributed by atoms with Gasteiger partial charge in [-0.3, -0.25) is 4.90 Å². The minimum absolute atomic E-state index is 0.493. The van der Waals surface area contributed by atoms with Gasteiger partial charge in [0.2, 0.25) is 0 Å². The summed E-state index contributed by atoms with van der Waals surface area (Å²) in [4.78, 5) is 6.87. The van der Waals surface area contributed by atoms with Crippen LogP contribution in [-0.2, 0) is 19.6 Å². The van der Waals surface area contributed by atoms with Crippen molar-refractivity contribution in [2.24, 2.45) is 0 Å². The first-order valence-corrected chi connectivity index (χ1v) is 7.81. The zero-order valence-electron chi connectivity index (χ0n) is 12.6. The number of aryl methyl sites for hydroxylation is 1. The zero-order valence-corrected chi connectivity index (χ0v) is 13.5. The van der Waals surface area contributed by atoms with Crippen LogP contribution in [0.3, 0.4) is 0 Å². The van der Waals surface area contributed by atoms with E-state index in [2.05, 4.69) is 41.5 Å². The molecule has 0 aliphatic carbocycles. The van der Waals surface area contributed by atoms with E-state index in [1.165, 1.54) is 0 Å². The lowest BCUT2D eigenvalue weighted by atomic mass is 10.3. The van der Waals surface area contributed by atoms with Gasteiger partial charge < -0.3 is 9.73 Å². The van der Waals surface area contributed by atoms with E-state index < -0.39 is 0 Å². The van der Waals surface area contributed by atoms with Gasteiger partial charge in [0, 0.05) is 24.5 Å². The maximum absolute atomic E-state index is 5.59. The Kier molecular flexibility index (Phi) is 5.34. The third-order valence-corrected chi connectivity index (χ3v) is 3.81. The Morgan fingerprint density at radius 3 is 2.80 bits per heavy atom. The molecule has 110 valence electrons. The third-order valence-electron chi connectivity index (χ3n) is 2.91.